The van der Waals surface area contributed by atoms with Crippen LogP contribution < -0.4 is 5.73 Å². The Bertz CT molecular complexity index is 275. The van der Waals surface area contributed by atoms with Crippen molar-refractivity contribution >= 4 is 22.6 Å². The topological polar surface area (TPSA) is 26.0 Å². The lowest BCUT2D eigenvalue weighted by atomic mass is 9.83. The van der Waals surface area contributed by atoms with Gasteiger partial charge >= 0.3 is 0 Å². The lowest BCUT2D eigenvalue weighted by Gasteiger charge is -2.29. The molecule has 72 valence electrons. The van der Waals surface area contributed by atoms with E-state index in [4.69, 9.17) is 5.73 Å². The second-order valence-electron chi connectivity index (χ2n) is 3.94. The number of rotatable bonds is 2. The molecular formula is C11H16IN. The molecule has 1 unspecified atom stereocenters. The van der Waals surface area contributed by atoms with Gasteiger partial charge in [0.25, 0.3) is 0 Å². The van der Waals surface area contributed by atoms with Crippen molar-refractivity contribution in [1.29, 1.82) is 0 Å². The van der Waals surface area contributed by atoms with E-state index in [2.05, 4.69) is 67.6 Å². The molecule has 0 amide bonds. The van der Waals surface area contributed by atoms with E-state index in [9.17, 15) is 0 Å². The zero-order valence-electron chi connectivity index (χ0n) is 8.34. The average molecular weight is 289 g/mol. The first-order valence-corrected chi connectivity index (χ1v) is 5.57. The molecule has 0 fully saturated rings. The third-order valence-corrected chi connectivity index (χ3v) is 3.38. The van der Waals surface area contributed by atoms with Crippen molar-refractivity contribution in [3.05, 3.63) is 33.4 Å². The fourth-order valence-electron chi connectivity index (χ4n) is 1.14. The smallest absolute Gasteiger partial charge is 0.0404 e. The lowest BCUT2D eigenvalue weighted by Crippen LogP contribution is -2.38. The van der Waals surface area contributed by atoms with Crippen molar-refractivity contribution in [3.63, 3.8) is 0 Å². The molecule has 1 nitrogen and oxygen atoms in total. The number of nitrogens with two attached hydrogens (primary N) is 1. The van der Waals surface area contributed by atoms with Crippen LogP contribution in [0, 0.1) is 9.49 Å². The van der Waals surface area contributed by atoms with E-state index >= 15 is 0 Å². The highest BCUT2D eigenvalue weighted by Gasteiger charge is 2.24. The second kappa shape index (κ2) is 3.96. The van der Waals surface area contributed by atoms with Crippen molar-refractivity contribution in [2.45, 2.75) is 26.3 Å². The molecule has 0 heterocycles. The molecule has 13 heavy (non-hydrogen) atoms. The van der Waals surface area contributed by atoms with Gasteiger partial charge in [-0.1, -0.05) is 26.0 Å². The van der Waals surface area contributed by atoms with E-state index in [-0.39, 0.29) is 5.54 Å². The molecule has 0 saturated carbocycles. The molecule has 0 saturated heterocycles. The first-order valence-electron chi connectivity index (χ1n) is 4.49. The average Bonchev–Trinajstić information content (AvgIpc) is 2.04. The van der Waals surface area contributed by atoms with E-state index in [1.54, 1.807) is 0 Å². The first-order chi connectivity index (χ1) is 5.94. The molecule has 0 radical (unpaired) electrons. The van der Waals surface area contributed by atoms with E-state index in [1.165, 1.54) is 9.13 Å². The first kappa shape index (κ1) is 11.0. The van der Waals surface area contributed by atoms with Crippen LogP contribution in [0.15, 0.2) is 24.3 Å². The van der Waals surface area contributed by atoms with Crippen molar-refractivity contribution < 1.29 is 0 Å². The highest BCUT2D eigenvalue weighted by atomic mass is 127. The maximum Gasteiger partial charge on any atom is 0.0404 e. The molecule has 2 N–H and O–H groups in total. The molecule has 0 aliphatic heterocycles. The van der Waals surface area contributed by atoms with E-state index in [0.717, 1.165) is 0 Å². The van der Waals surface area contributed by atoms with Gasteiger partial charge in [0.2, 0.25) is 0 Å². The fraction of sp³-hybridized carbons (Fsp3) is 0.455. The maximum atomic E-state index is 6.23. The summed E-state index contributed by atoms with van der Waals surface area (Å²) < 4.78 is 1.25. The molecule has 0 bridgehead atoms. The second-order valence-corrected chi connectivity index (χ2v) is 5.19. The van der Waals surface area contributed by atoms with Crippen molar-refractivity contribution in [1.82, 2.24) is 0 Å². The Balaban J connectivity index is 3.01. The SMILES string of the molecule is CC(C)C(C)(N)c1ccc(I)cc1. The number of hydrogen-bond acceptors (Lipinski definition) is 1. The van der Waals surface area contributed by atoms with Gasteiger partial charge in [0.1, 0.15) is 0 Å². The summed E-state index contributed by atoms with van der Waals surface area (Å²) in [5.74, 6) is 0.451. The highest BCUT2D eigenvalue weighted by Crippen LogP contribution is 2.26. The molecule has 1 aromatic rings. The number of halogens is 1. The van der Waals surface area contributed by atoms with Gasteiger partial charge in [0, 0.05) is 9.11 Å². The minimum atomic E-state index is -0.218. The van der Waals surface area contributed by atoms with Crippen LogP contribution in [-0.4, -0.2) is 0 Å². The molecule has 0 aromatic heterocycles. The monoisotopic (exact) mass is 289 g/mol. The summed E-state index contributed by atoms with van der Waals surface area (Å²) in [7, 11) is 0. The predicted molar refractivity (Wildman–Crippen MR) is 65.5 cm³/mol. The van der Waals surface area contributed by atoms with Crippen LogP contribution in [0.1, 0.15) is 26.3 Å². The summed E-state index contributed by atoms with van der Waals surface area (Å²) in [6.45, 7) is 6.38. The van der Waals surface area contributed by atoms with Crippen LogP contribution in [0.5, 0.6) is 0 Å². The van der Waals surface area contributed by atoms with Crippen LogP contribution in [-0.2, 0) is 5.54 Å². The van der Waals surface area contributed by atoms with Gasteiger partial charge in [0.15, 0.2) is 0 Å². The zero-order valence-corrected chi connectivity index (χ0v) is 10.5. The Morgan fingerprint density at radius 1 is 1.23 bits per heavy atom. The van der Waals surface area contributed by atoms with Crippen molar-refractivity contribution in [3.8, 4) is 0 Å². The maximum absolute atomic E-state index is 6.23. The van der Waals surface area contributed by atoms with Gasteiger partial charge in [-0.15, -0.1) is 0 Å². The van der Waals surface area contributed by atoms with Crippen LogP contribution in [0.25, 0.3) is 0 Å². The minimum absolute atomic E-state index is 0.218. The van der Waals surface area contributed by atoms with Gasteiger partial charge in [-0.3, -0.25) is 0 Å². The minimum Gasteiger partial charge on any atom is -0.321 e. The van der Waals surface area contributed by atoms with E-state index < -0.39 is 0 Å². The Morgan fingerprint density at radius 3 is 2.08 bits per heavy atom. The van der Waals surface area contributed by atoms with E-state index in [0.29, 0.717) is 5.92 Å². The van der Waals surface area contributed by atoms with Crippen LogP contribution >= 0.6 is 22.6 Å². The van der Waals surface area contributed by atoms with Gasteiger partial charge in [0.05, 0.1) is 0 Å². The zero-order chi connectivity index (χ0) is 10.1. The summed E-state index contributed by atoms with van der Waals surface area (Å²) in [5, 5.41) is 0. The van der Waals surface area contributed by atoms with Crippen molar-refractivity contribution in [2.75, 3.05) is 0 Å². The standard InChI is InChI=1S/C11H16IN/c1-8(2)11(3,13)9-4-6-10(12)7-5-9/h4-8H,13H2,1-3H3. The summed E-state index contributed by atoms with van der Waals surface area (Å²) in [5.41, 5.74) is 7.22. The van der Waals surface area contributed by atoms with Gasteiger partial charge in [-0.2, -0.15) is 0 Å². The number of benzene rings is 1. The Hall–Kier alpha value is -0.0900. The third kappa shape index (κ3) is 2.44. The normalized spacial score (nSPS) is 15.8. The van der Waals surface area contributed by atoms with Crippen LogP contribution in [0.3, 0.4) is 0 Å². The summed E-state index contributed by atoms with van der Waals surface area (Å²) in [6, 6.07) is 8.43. The predicted octanol–water partition coefficient (Wildman–Crippen LogP) is 3.12. The molecule has 2 heteroatoms. The molecule has 1 aromatic carbocycles. The Morgan fingerprint density at radius 2 is 1.69 bits per heavy atom. The molecule has 0 spiro atoms. The fourth-order valence-corrected chi connectivity index (χ4v) is 1.50. The quantitative estimate of drug-likeness (QED) is 0.832. The molecule has 0 aliphatic carbocycles. The number of hydrogen-bond donors (Lipinski definition) is 1. The summed E-state index contributed by atoms with van der Waals surface area (Å²) in [6.07, 6.45) is 0. The summed E-state index contributed by atoms with van der Waals surface area (Å²) in [4.78, 5) is 0. The van der Waals surface area contributed by atoms with Crippen LogP contribution in [0.4, 0.5) is 0 Å². The summed E-state index contributed by atoms with van der Waals surface area (Å²) >= 11 is 2.30. The molecule has 0 aliphatic rings. The third-order valence-electron chi connectivity index (χ3n) is 2.67. The molecular weight excluding hydrogens is 273 g/mol. The molecule has 1 rings (SSSR count). The van der Waals surface area contributed by atoms with E-state index in [1.807, 2.05) is 0 Å². The van der Waals surface area contributed by atoms with Crippen molar-refractivity contribution in [2.24, 2.45) is 11.7 Å². The van der Waals surface area contributed by atoms with Gasteiger partial charge < -0.3 is 5.73 Å². The lowest BCUT2D eigenvalue weighted by molar-refractivity contribution is 0.350. The van der Waals surface area contributed by atoms with Crippen LogP contribution in [0.2, 0.25) is 0 Å². The van der Waals surface area contributed by atoms with Gasteiger partial charge in [-0.05, 0) is 53.1 Å². The Kier molecular flexibility index (Phi) is 3.35. The highest BCUT2D eigenvalue weighted by molar-refractivity contribution is 14.1. The Labute approximate surface area is 93.9 Å². The van der Waals surface area contributed by atoms with Gasteiger partial charge in [-0.25, -0.2) is 0 Å². The largest absolute Gasteiger partial charge is 0.321 e. The molecule has 1 atom stereocenters.